The first-order chi connectivity index (χ1) is 9.65. The fourth-order valence-electron chi connectivity index (χ4n) is 1.63. The van der Waals surface area contributed by atoms with Crippen molar-refractivity contribution in [3.63, 3.8) is 0 Å². The molecule has 0 spiro atoms. The maximum Gasteiger partial charge on any atom is 1.00 e. The average Bonchev–Trinajstić information content (AvgIpc) is 2.50. The molecule has 2 heterocycles. The Labute approximate surface area is 141 Å². The predicted octanol–water partition coefficient (Wildman–Crippen LogP) is -1.86. The Balaban J connectivity index is 0. The molecule has 0 saturated carbocycles. The van der Waals surface area contributed by atoms with E-state index in [4.69, 9.17) is 19.3 Å². The molecule has 0 aromatic heterocycles. The predicted molar refractivity (Wildman–Crippen MR) is 73.2 cm³/mol. The van der Waals surface area contributed by atoms with Crippen LogP contribution in [0.4, 0.5) is 0 Å². The molecule has 2 N–H and O–H groups in total. The number of ether oxygens (including phenoxy) is 3. The minimum atomic E-state index is -0.876. The van der Waals surface area contributed by atoms with Gasteiger partial charge in [-0.25, -0.2) is 9.59 Å². The van der Waals surface area contributed by atoms with E-state index >= 15 is 0 Å². The van der Waals surface area contributed by atoms with E-state index in [0.717, 1.165) is 0 Å². The van der Waals surface area contributed by atoms with Gasteiger partial charge in [0.05, 0.1) is 19.8 Å². The molecule has 0 radical (unpaired) electrons. The Morgan fingerprint density at radius 1 is 1.09 bits per heavy atom. The molecule has 7 nitrogen and oxygen atoms in total. The van der Waals surface area contributed by atoms with Crippen LogP contribution in [0.15, 0.2) is 24.3 Å². The number of rotatable bonds is 3. The van der Waals surface area contributed by atoms with E-state index in [1.165, 1.54) is 0 Å². The summed E-state index contributed by atoms with van der Waals surface area (Å²) in [5.41, 5.74) is 0. The molecule has 0 amide bonds. The Kier molecular flexibility index (Phi) is 14.3. The number of carbonyl (C=O) groups excluding carboxylic acids is 1. The second-order valence-electron chi connectivity index (χ2n) is 4.15. The maximum atomic E-state index is 11.0. The maximum absolute atomic E-state index is 11.0. The fraction of sp³-hybridized carbons (Fsp3) is 0.571. The number of hydrogen-bond acceptors (Lipinski definition) is 6. The van der Waals surface area contributed by atoms with Crippen molar-refractivity contribution in [2.75, 3.05) is 19.8 Å². The number of esters is 1. The third kappa shape index (κ3) is 9.03. The van der Waals surface area contributed by atoms with E-state index in [1.54, 1.807) is 6.92 Å². The number of aliphatic carboxylic acids is 1. The topological polar surface area (TPSA) is 112 Å². The van der Waals surface area contributed by atoms with Crippen molar-refractivity contribution in [3.05, 3.63) is 24.3 Å². The number of hydrogen-bond donors (Lipinski definition) is 1. The van der Waals surface area contributed by atoms with Gasteiger partial charge in [-0.3, -0.25) is 0 Å². The van der Waals surface area contributed by atoms with E-state index < -0.39 is 12.1 Å². The van der Waals surface area contributed by atoms with E-state index in [1.807, 2.05) is 24.3 Å². The molecule has 0 aromatic carbocycles. The third-order valence-electron chi connectivity index (χ3n) is 2.65. The number of carbonyl (C=O) groups is 2. The molecule has 120 valence electrons. The Hall–Kier alpha value is -1.10. The van der Waals surface area contributed by atoms with E-state index in [2.05, 4.69) is 0 Å². The van der Waals surface area contributed by atoms with Crippen LogP contribution >= 0.6 is 0 Å². The molecule has 0 bridgehead atoms. The Morgan fingerprint density at radius 2 is 1.59 bits per heavy atom. The molecular formula is C14H21LiO7. The molecule has 2 rings (SSSR count). The minimum Gasteiger partial charge on any atom is -0.870 e. The molecule has 2 aliphatic rings. The molecule has 22 heavy (non-hydrogen) atoms. The summed E-state index contributed by atoms with van der Waals surface area (Å²) < 4.78 is 14.8. The van der Waals surface area contributed by atoms with Crippen molar-refractivity contribution in [1.29, 1.82) is 0 Å². The summed E-state index contributed by atoms with van der Waals surface area (Å²) in [6.45, 7) is 3.15. The second kappa shape index (κ2) is 13.6. The van der Waals surface area contributed by atoms with E-state index in [9.17, 15) is 9.59 Å². The first kappa shape index (κ1) is 23.2. The second-order valence-corrected chi connectivity index (χ2v) is 4.15. The molecule has 0 saturated heterocycles. The smallest absolute Gasteiger partial charge is 0.870 e. The van der Waals surface area contributed by atoms with Crippen molar-refractivity contribution < 1.29 is 53.2 Å². The molecule has 2 aliphatic heterocycles. The minimum absolute atomic E-state index is 0. The van der Waals surface area contributed by atoms with Gasteiger partial charge in [-0.05, 0) is 6.92 Å². The van der Waals surface area contributed by atoms with Crippen LogP contribution in [0, 0.1) is 0 Å². The first-order valence-corrected chi connectivity index (χ1v) is 6.57. The van der Waals surface area contributed by atoms with Crippen molar-refractivity contribution in [2.45, 2.75) is 32.0 Å². The Morgan fingerprint density at radius 3 is 1.91 bits per heavy atom. The van der Waals surface area contributed by atoms with Crippen LogP contribution < -0.4 is 18.9 Å². The van der Waals surface area contributed by atoms with Gasteiger partial charge in [0.2, 0.25) is 0 Å². The van der Waals surface area contributed by atoms with E-state index in [0.29, 0.717) is 32.7 Å². The quantitative estimate of drug-likeness (QED) is 0.369. The van der Waals surface area contributed by atoms with Crippen molar-refractivity contribution >= 4 is 11.9 Å². The number of carboxylic acids is 1. The summed E-state index contributed by atoms with van der Waals surface area (Å²) in [5.74, 6) is -1.13. The van der Waals surface area contributed by atoms with Gasteiger partial charge in [-0.1, -0.05) is 24.3 Å². The largest absolute Gasteiger partial charge is 1.00 e. The van der Waals surface area contributed by atoms with Gasteiger partial charge in [-0.15, -0.1) is 0 Å². The summed E-state index contributed by atoms with van der Waals surface area (Å²) in [6.07, 6.45) is 7.62. The summed E-state index contributed by atoms with van der Waals surface area (Å²) in [4.78, 5) is 21.2. The molecule has 2 unspecified atom stereocenters. The van der Waals surface area contributed by atoms with E-state index in [-0.39, 0.29) is 36.4 Å². The van der Waals surface area contributed by atoms with Crippen molar-refractivity contribution in [3.8, 4) is 0 Å². The van der Waals surface area contributed by atoms with Crippen LogP contribution in [0.5, 0.6) is 0 Å². The summed E-state index contributed by atoms with van der Waals surface area (Å²) in [7, 11) is 0. The molecule has 0 fully saturated rings. The van der Waals surface area contributed by atoms with Crippen LogP contribution in [0.3, 0.4) is 0 Å². The van der Waals surface area contributed by atoms with Gasteiger partial charge in [0.15, 0.2) is 12.2 Å². The van der Waals surface area contributed by atoms with Crippen LogP contribution in [-0.2, 0) is 23.8 Å². The van der Waals surface area contributed by atoms with Gasteiger partial charge in [0.1, 0.15) is 0 Å². The van der Waals surface area contributed by atoms with Gasteiger partial charge in [-0.2, -0.15) is 0 Å². The monoisotopic (exact) mass is 308 g/mol. The zero-order valence-corrected chi connectivity index (χ0v) is 12.9. The molecular weight excluding hydrogens is 287 g/mol. The Bertz CT molecular complexity index is 381. The summed E-state index contributed by atoms with van der Waals surface area (Å²) >= 11 is 0. The van der Waals surface area contributed by atoms with Crippen LogP contribution in [0.2, 0.25) is 0 Å². The molecule has 0 aliphatic carbocycles. The van der Waals surface area contributed by atoms with Gasteiger partial charge < -0.3 is 24.8 Å². The van der Waals surface area contributed by atoms with Gasteiger partial charge in [0.25, 0.3) is 0 Å². The standard InChI is InChI=1S/C8H12O3.C6H8O3.Li.H2O/c1-2-10-8(9)7-5-3-4-6-11-7;7-6(8)5-3-1-2-4-9-5;;/h3-4,7H,2,5-6H2,1H3;1-2,5H,3-4H2,(H,7,8);;1H2/q;;+1;/p-1. The van der Waals surface area contributed by atoms with Crippen molar-refractivity contribution in [2.24, 2.45) is 0 Å². The van der Waals surface area contributed by atoms with Crippen LogP contribution in [0.1, 0.15) is 19.8 Å². The fourth-order valence-corrected chi connectivity index (χ4v) is 1.63. The summed E-state index contributed by atoms with van der Waals surface area (Å²) in [5, 5.41) is 8.38. The first-order valence-electron chi connectivity index (χ1n) is 6.57. The van der Waals surface area contributed by atoms with Crippen LogP contribution in [-0.4, -0.2) is 54.5 Å². The summed E-state index contributed by atoms with van der Waals surface area (Å²) in [6, 6.07) is 0. The van der Waals surface area contributed by atoms with Crippen molar-refractivity contribution in [1.82, 2.24) is 0 Å². The number of carboxylic acid groups (broad SMARTS) is 1. The van der Waals surface area contributed by atoms with Gasteiger partial charge in [0, 0.05) is 12.8 Å². The average molecular weight is 308 g/mol. The van der Waals surface area contributed by atoms with Crippen LogP contribution in [0.25, 0.3) is 0 Å². The molecule has 8 heteroatoms. The zero-order valence-electron chi connectivity index (χ0n) is 12.9. The third-order valence-corrected chi connectivity index (χ3v) is 2.65. The molecule has 2 atom stereocenters. The zero-order chi connectivity index (χ0) is 14.8. The van der Waals surface area contributed by atoms with Gasteiger partial charge >= 0.3 is 30.8 Å². The molecule has 0 aromatic rings. The normalized spacial score (nSPS) is 22.2. The SMILES string of the molecule is CCOC(=O)C1CC=CCO1.O=C(O)C1CC=CCO1.[Li+].[OH-].